The van der Waals surface area contributed by atoms with Crippen LogP contribution < -0.4 is 10.9 Å². The molecule has 5 rings (SSSR count). The van der Waals surface area contributed by atoms with Gasteiger partial charge in [-0.1, -0.05) is 17.3 Å². The van der Waals surface area contributed by atoms with Gasteiger partial charge in [-0.2, -0.15) is 4.98 Å². The van der Waals surface area contributed by atoms with Crippen molar-refractivity contribution in [1.82, 2.24) is 30.9 Å². The summed E-state index contributed by atoms with van der Waals surface area (Å²) < 4.78 is 18.5. The molecule has 29 heavy (non-hydrogen) atoms. The first-order valence-corrected chi connectivity index (χ1v) is 9.46. The van der Waals surface area contributed by atoms with Gasteiger partial charge in [0.1, 0.15) is 11.9 Å². The van der Waals surface area contributed by atoms with E-state index in [0.717, 1.165) is 11.1 Å². The second kappa shape index (κ2) is 7.34. The highest BCUT2D eigenvalue weighted by atomic mass is 19.1. The highest BCUT2D eigenvalue weighted by Gasteiger charge is 2.40. The summed E-state index contributed by atoms with van der Waals surface area (Å²) in [4.78, 5) is 23.0. The molecular formula is C20H19FN6O2. The number of hydrogen-bond acceptors (Lipinski definition) is 7. The van der Waals surface area contributed by atoms with Gasteiger partial charge in [0.05, 0.1) is 5.92 Å². The van der Waals surface area contributed by atoms with Crippen molar-refractivity contribution in [2.75, 3.05) is 13.1 Å². The number of rotatable bonds is 4. The highest BCUT2D eigenvalue weighted by Crippen LogP contribution is 2.30. The van der Waals surface area contributed by atoms with Crippen molar-refractivity contribution in [3.63, 3.8) is 0 Å². The van der Waals surface area contributed by atoms with Crippen molar-refractivity contribution in [2.24, 2.45) is 0 Å². The molecule has 0 bridgehead atoms. The van der Waals surface area contributed by atoms with Gasteiger partial charge in [-0.3, -0.25) is 9.78 Å². The van der Waals surface area contributed by atoms with E-state index in [2.05, 4.69) is 26.0 Å². The van der Waals surface area contributed by atoms with Crippen LogP contribution in [0.2, 0.25) is 0 Å². The molecule has 1 aromatic carbocycles. The van der Waals surface area contributed by atoms with E-state index in [1.54, 1.807) is 29.4 Å². The Hall–Kier alpha value is -3.17. The van der Waals surface area contributed by atoms with E-state index in [4.69, 9.17) is 4.52 Å². The lowest BCUT2D eigenvalue weighted by atomic mass is 9.96. The molecule has 0 aliphatic carbocycles. The van der Waals surface area contributed by atoms with Crippen LogP contribution in [0.1, 0.15) is 29.8 Å². The van der Waals surface area contributed by atoms with Gasteiger partial charge in [0.15, 0.2) is 0 Å². The number of likely N-dealkylation sites (tertiary alicyclic amines) is 1. The Balaban J connectivity index is 1.17. The largest absolute Gasteiger partial charge is 0.340 e. The molecule has 2 N–H and O–H groups in total. The van der Waals surface area contributed by atoms with Crippen LogP contribution in [0.3, 0.4) is 0 Å². The molecule has 8 nitrogen and oxygen atoms in total. The number of pyridine rings is 1. The SMILES string of the molecule is O=C(C1CC(c2ccc(F)cc2)NN1)N1CC(c2nc(-c3cccnc3)no2)C1. The summed E-state index contributed by atoms with van der Waals surface area (Å²) in [6.45, 7) is 1.10. The van der Waals surface area contributed by atoms with E-state index >= 15 is 0 Å². The zero-order chi connectivity index (χ0) is 19.8. The van der Waals surface area contributed by atoms with E-state index < -0.39 is 0 Å². The van der Waals surface area contributed by atoms with Crippen molar-refractivity contribution in [2.45, 2.75) is 24.4 Å². The van der Waals surface area contributed by atoms with Crippen LogP contribution in [-0.4, -0.2) is 45.1 Å². The topological polar surface area (TPSA) is 96.2 Å². The fraction of sp³-hybridized carbons (Fsp3) is 0.300. The molecule has 2 aromatic heterocycles. The number of halogens is 1. The summed E-state index contributed by atoms with van der Waals surface area (Å²) in [5.41, 5.74) is 7.92. The first-order chi connectivity index (χ1) is 14.2. The number of nitrogens with one attached hydrogen (secondary N) is 2. The minimum atomic E-state index is -0.320. The number of benzene rings is 1. The van der Waals surface area contributed by atoms with Crippen molar-refractivity contribution in [3.8, 4) is 11.4 Å². The van der Waals surface area contributed by atoms with Gasteiger partial charge in [0.25, 0.3) is 0 Å². The van der Waals surface area contributed by atoms with Crippen molar-refractivity contribution in [3.05, 3.63) is 66.1 Å². The average molecular weight is 394 g/mol. The summed E-state index contributed by atoms with van der Waals surface area (Å²) in [6.07, 6.45) is 3.98. The van der Waals surface area contributed by atoms with Gasteiger partial charge in [0.2, 0.25) is 17.6 Å². The van der Waals surface area contributed by atoms with Crippen LogP contribution in [0, 0.1) is 5.82 Å². The predicted molar refractivity (Wildman–Crippen MR) is 101 cm³/mol. The number of carbonyl (C=O) groups is 1. The molecule has 0 spiro atoms. The molecule has 9 heteroatoms. The Morgan fingerprint density at radius 2 is 2.00 bits per heavy atom. The molecule has 0 radical (unpaired) electrons. The summed E-state index contributed by atoms with van der Waals surface area (Å²) in [7, 11) is 0. The normalized spacial score (nSPS) is 21.9. The van der Waals surface area contributed by atoms with E-state index in [9.17, 15) is 9.18 Å². The summed E-state index contributed by atoms with van der Waals surface area (Å²) in [6, 6.07) is 9.66. The molecule has 0 saturated carbocycles. The monoisotopic (exact) mass is 394 g/mol. The van der Waals surface area contributed by atoms with Crippen LogP contribution in [0.5, 0.6) is 0 Å². The van der Waals surface area contributed by atoms with Crippen LogP contribution in [0.25, 0.3) is 11.4 Å². The van der Waals surface area contributed by atoms with E-state index in [0.29, 0.717) is 31.2 Å². The number of hydrogen-bond donors (Lipinski definition) is 2. The Morgan fingerprint density at radius 1 is 1.17 bits per heavy atom. The Bertz CT molecular complexity index is 1000. The minimum absolute atomic E-state index is 0.0281. The van der Waals surface area contributed by atoms with Gasteiger partial charge in [-0.15, -0.1) is 0 Å². The summed E-state index contributed by atoms with van der Waals surface area (Å²) in [5, 5.41) is 4.01. The average Bonchev–Trinajstić information content (AvgIpc) is 3.38. The maximum absolute atomic E-state index is 13.1. The van der Waals surface area contributed by atoms with Crippen LogP contribution in [-0.2, 0) is 4.79 Å². The molecule has 4 heterocycles. The molecular weight excluding hydrogens is 375 g/mol. The Morgan fingerprint density at radius 3 is 2.76 bits per heavy atom. The highest BCUT2D eigenvalue weighted by molar-refractivity contribution is 5.83. The fourth-order valence-corrected chi connectivity index (χ4v) is 3.68. The number of carbonyl (C=O) groups excluding carboxylic acids is 1. The smallest absolute Gasteiger partial charge is 0.241 e. The van der Waals surface area contributed by atoms with Gasteiger partial charge < -0.3 is 9.42 Å². The first-order valence-electron chi connectivity index (χ1n) is 9.46. The Kier molecular flexibility index (Phi) is 4.53. The molecule has 148 valence electrons. The number of aromatic nitrogens is 3. The molecule has 2 aliphatic heterocycles. The molecule has 2 atom stereocenters. The third-order valence-corrected chi connectivity index (χ3v) is 5.38. The zero-order valence-electron chi connectivity index (χ0n) is 15.5. The van der Waals surface area contributed by atoms with Crippen LogP contribution in [0.4, 0.5) is 4.39 Å². The van der Waals surface area contributed by atoms with Crippen molar-refractivity contribution >= 4 is 5.91 Å². The lowest BCUT2D eigenvalue weighted by Crippen LogP contribution is -2.54. The van der Waals surface area contributed by atoms with Gasteiger partial charge in [-0.25, -0.2) is 15.2 Å². The summed E-state index contributed by atoms with van der Waals surface area (Å²) in [5.74, 6) is 0.840. The van der Waals surface area contributed by atoms with E-state index in [-0.39, 0.29) is 29.7 Å². The molecule has 2 saturated heterocycles. The van der Waals surface area contributed by atoms with Gasteiger partial charge >= 0.3 is 0 Å². The molecule has 1 amide bonds. The lowest BCUT2D eigenvalue weighted by Gasteiger charge is -2.38. The zero-order valence-corrected chi connectivity index (χ0v) is 15.5. The molecule has 3 aromatic rings. The second-order valence-electron chi connectivity index (χ2n) is 7.32. The fourth-order valence-electron chi connectivity index (χ4n) is 3.68. The van der Waals surface area contributed by atoms with Crippen molar-refractivity contribution in [1.29, 1.82) is 0 Å². The lowest BCUT2D eigenvalue weighted by molar-refractivity contribution is -0.138. The first kappa shape index (κ1) is 17.9. The predicted octanol–water partition coefficient (Wildman–Crippen LogP) is 1.80. The quantitative estimate of drug-likeness (QED) is 0.697. The number of hydrazine groups is 1. The van der Waals surface area contributed by atoms with Crippen molar-refractivity contribution < 1.29 is 13.7 Å². The number of nitrogens with zero attached hydrogens (tertiary/aromatic N) is 4. The van der Waals surface area contributed by atoms with Gasteiger partial charge in [0, 0.05) is 37.1 Å². The summed E-state index contributed by atoms with van der Waals surface area (Å²) >= 11 is 0. The molecule has 2 unspecified atom stereocenters. The van der Waals surface area contributed by atoms with Crippen LogP contribution >= 0.6 is 0 Å². The third-order valence-electron chi connectivity index (χ3n) is 5.38. The van der Waals surface area contributed by atoms with E-state index in [1.807, 2.05) is 12.1 Å². The maximum atomic E-state index is 13.1. The second-order valence-corrected chi connectivity index (χ2v) is 7.32. The van der Waals surface area contributed by atoms with E-state index in [1.165, 1.54) is 12.1 Å². The maximum Gasteiger partial charge on any atom is 0.241 e. The van der Waals surface area contributed by atoms with Crippen LogP contribution in [0.15, 0.2) is 53.3 Å². The number of amides is 1. The molecule has 2 fully saturated rings. The molecule has 2 aliphatic rings. The Labute approximate surface area is 166 Å². The minimum Gasteiger partial charge on any atom is -0.340 e. The van der Waals surface area contributed by atoms with Gasteiger partial charge in [-0.05, 0) is 36.2 Å². The standard InChI is InChI=1S/C20H19FN6O2/c21-15-5-3-12(4-6-15)16-8-17(25-24-16)20(28)27-10-14(11-27)19-23-18(26-29-19)13-2-1-7-22-9-13/h1-7,9,14,16-17,24-25H,8,10-11H2. The third kappa shape index (κ3) is 3.50.